The largest absolute Gasteiger partial charge is 0.417 e. The predicted octanol–water partition coefficient (Wildman–Crippen LogP) is 4.65. The summed E-state index contributed by atoms with van der Waals surface area (Å²) in [6.45, 7) is 2.07. The first-order chi connectivity index (χ1) is 13.4. The van der Waals surface area contributed by atoms with Crippen LogP contribution in [0.4, 0.5) is 13.2 Å². The summed E-state index contributed by atoms with van der Waals surface area (Å²) in [5.74, 6) is 1.07. The summed E-state index contributed by atoms with van der Waals surface area (Å²) in [7, 11) is 0. The van der Waals surface area contributed by atoms with Crippen molar-refractivity contribution in [1.29, 1.82) is 0 Å². The number of hydrogen-bond donors (Lipinski definition) is 0. The highest BCUT2D eigenvalue weighted by Gasteiger charge is 2.31. The highest BCUT2D eigenvalue weighted by atomic mass is 32.2. The second-order valence-corrected chi connectivity index (χ2v) is 6.92. The van der Waals surface area contributed by atoms with Crippen LogP contribution in [-0.4, -0.2) is 24.7 Å². The van der Waals surface area contributed by atoms with Gasteiger partial charge in [0.15, 0.2) is 10.8 Å². The number of rotatable bonds is 5. The van der Waals surface area contributed by atoms with Gasteiger partial charge in [0.2, 0.25) is 11.7 Å². The van der Waals surface area contributed by atoms with Crippen LogP contribution in [0.15, 0.2) is 52.3 Å². The van der Waals surface area contributed by atoms with Gasteiger partial charge >= 0.3 is 6.18 Å². The molecule has 0 saturated heterocycles. The minimum absolute atomic E-state index is 0.261. The van der Waals surface area contributed by atoms with Crippen LogP contribution in [-0.2, 0) is 18.3 Å². The summed E-state index contributed by atoms with van der Waals surface area (Å²) in [6, 6.07) is 10.1. The standard InChI is InChI=1S/C18H14F3N5OS/c1-2-11-3-5-12(6-4-11)16-22-15(27-25-16)10-28-17-24-23-14-8-7-13(9-26(14)17)18(19,20)21/h3-9H,2,10H2,1H3. The molecule has 28 heavy (non-hydrogen) atoms. The monoisotopic (exact) mass is 405 g/mol. The lowest BCUT2D eigenvalue weighted by atomic mass is 10.1. The summed E-state index contributed by atoms with van der Waals surface area (Å²) >= 11 is 1.17. The van der Waals surface area contributed by atoms with E-state index in [4.69, 9.17) is 4.52 Å². The van der Waals surface area contributed by atoms with Crippen molar-refractivity contribution in [3.05, 3.63) is 59.6 Å². The average molecular weight is 405 g/mol. The van der Waals surface area contributed by atoms with Gasteiger partial charge in [-0.05, 0) is 24.1 Å². The number of halogens is 3. The lowest BCUT2D eigenvalue weighted by Crippen LogP contribution is -2.06. The predicted molar refractivity (Wildman–Crippen MR) is 96.7 cm³/mol. The molecule has 1 aromatic carbocycles. The van der Waals surface area contributed by atoms with E-state index in [1.54, 1.807) is 0 Å². The summed E-state index contributed by atoms with van der Waals surface area (Å²) in [6.07, 6.45) is -2.52. The summed E-state index contributed by atoms with van der Waals surface area (Å²) in [4.78, 5) is 4.34. The van der Waals surface area contributed by atoms with E-state index in [9.17, 15) is 13.2 Å². The first-order valence-corrected chi connectivity index (χ1v) is 9.39. The van der Waals surface area contributed by atoms with Gasteiger partial charge in [0, 0.05) is 11.8 Å². The fourth-order valence-electron chi connectivity index (χ4n) is 2.58. The third-order valence-electron chi connectivity index (χ3n) is 4.11. The Morgan fingerprint density at radius 3 is 2.57 bits per heavy atom. The fourth-order valence-corrected chi connectivity index (χ4v) is 3.34. The zero-order valence-electron chi connectivity index (χ0n) is 14.6. The number of fused-ring (bicyclic) bond motifs is 1. The van der Waals surface area contributed by atoms with Crippen LogP contribution in [0.25, 0.3) is 17.0 Å². The molecule has 3 aromatic heterocycles. The minimum Gasteiger partial charge on any atom is -0.338 e. The Labute approximate surface area is 161 Å². The molecule has 0 aliphatic rings. The number of pyridine rings is 1. The Bertz CT molecular complexity index is 1100. The lowest BCUT2D eigenvalue weighted by Gasteiger charge is -2.06. The van der Waals surface area contributed by atoms with Crippen LogP contribution >= 0.6 is 11.8 Å². The molecule has 4 aromatic rings. The van der Waals surface area contributed by atoms with Gasteiger partial charge in [-0.1, -0.05) is 48.1 Å². The second kappa shape index (κ2) is 7.27. The normalized spacial score (nSPS) is 12.0. The topological polar surface area (TPSA) is 69.1 Å². The number of aryl methyl sites for hydroxylation is 1. The summed E-state index contributed by atoms with van der Waals surface area (Å²) < 4.78 is 45.3. The third kappa shape index (κ3) is 3.72. The molecule has 0 saturated carbocycles. The molecule has 0 radical (unpaired) electrons. The first-order valence-electron chi connectivity index (χ1n) is 8.40. The molecule has 0 spiro atoms. The molecule has 10 heteroatoms. The van der Waals surface area contributed by atoms with Crippen molar-refractivity contribution >= 4 is 17.4 Å². The number of alkyl halides is 3. The van der Waals surface area contributed by atoms with Gasteiger partial charge in [0.1, 0.15) is 0 Å². The van der Waals surface area contributed by atoms with Crippen molar-refractivity contribution < 1.29 is 17.7 Å². The molecule has 3 heterocycles. The molecule has 0 aliphatic carbocycles. The molecule has 0 bridgehead atoms. The zero-order chi connectivity index (χ0) is 19.7. The SMILES string of the molecule is CCc1ccc(-c2noc(CSc3nnc4ccc(C(F)(F)F)cn34)n2)cc1. The highest BCUT2D eigenvalue weighted by Crippen LogP contribution is 2.30. The molecule has 4 rings (SSSR count). The van der Waals surface area contributed by atoms with Crippen LogP contribution in [0.3, 0.4) is 0 Å². The molecule has 144 valence electrons. The van der Waals surface area contributed by atoms with E-state index in [-0.39, 0.29) is 5.75 Å². The summed E-state index contributed by atoms with van der Waals surface area (Å²) in [5.41, 5.74) is 1.61. The van der Waals surface area contributed by atoms with Crippen molar-refractivity contribution in [2.45, 2.75) is 30.4 Å². The smallest absolute Gasteiger partial charge is 0.338 e. The van der Waals surface area contributed by atoms with Crippen LogP contribution in [0.1, 0.15) is 23.9 Å². The van der Waals surface area contributed by atoms with E-state index in [1.807, 2.05) is 24.3 Å². The summed E-state index contributed by atoms with van der Waals surface area (Å²) in [5, 5.41) is 12.1. The fraction of sp³-hybridized carbons (Fsp3) is 0.222. The Morgan fingerprint density at radius 1 is 1.07 bits per heavy atom. The van der Waals surface area contributed by atoms with Crippen LogP contribution in [0, 0.1) is 0 Å². The Morgan fingerprint density at radius 2 is 1.86 bits per heavy atom. The molecular formula is C18H14F3N5OS. The molecule has 0 aliphatic heterocycles. The Kier molecular flexibility index (Phi) is 4.80. The van der Waals surface area contributed by atoms with Crippen molar-refractivity contribution in [1.82, 2.24) is 24.7 Å². The van der Waals surface area contributed by atoms with Gasteiger partial charge in [0.25, 0.3) is 0 Å². The molecule has 0 atom stereocenters. The number of nitrogens with zero attached hydrogens (tertiary/aromatic N) is 5. The van der Waals surface area contributed by atoms with Crippen molar-refractivity contribution in [3.63, 3.8) is 0 Å². The maximum absolute atomic E-state index is 12.9. The van der Waals surface area contributed by atoms with Gasteiger partial charge in [-0.2, -0.15) is 18.2 Å². The quantitative estimate of drug-likeness (QED) is 0.450. The van der Waals surface area contributed by atoms with Gasteiger partial charge in [-0.3, -0.25) is 4.40 Å². The van der Waals surface area contributed by atoms with E-state index < -0.39 is 11.7 Å². The van der Waals surface area contributed by atoms with E-state index >= 15 is 0 Å². The maximum atomic E-state index is 12.9. The maximum Gasteiger partial charge on any atom is 0.417 e. The molecule has 0 N–H and O–H groups in total. The average Bonchev–Trinajstić information content (AvgIpc) is 3.32. The van der Waals surface area contributed by atoms with E-state index in [0.717, 1.165) is 24.2 Å². The van der Waals surface area contributed by atoms with Gasteiger partial charge in [0.05, 0.1) is 11.3 Å². The van der Waals surface area contributed by atoms with Crippen LogP contribution in [0.2, 0.25) is 0 Å². The molecular weight excluding hydrogens is 391 g/mol. The number of thioether (sulfide) groups is 1. The van der Waals surface area contributed by atoms with E-state index in [0.29, 0.717) is 22.5 Å². The highest BCUT2D eigenvalue weighted by molar-refractivity contribution is 7.98. The second-order valence-electron chi connectivity index (χ2n) is 5.98. The number of benzene rings is 1. The Hall–Kier alpha value is -2.88. The molecule has 6 nitrogen and oxygen atoms in total. The lowest BCUT2D eigenvalue weighted by molar-refractivity contribution is -0.137. The van der Waals surface area contributed by atoms with E-state index in [1.165, 1.54) is 27.8 Å². The minimum atomic E-state index is -4.44. The van der Waals surface area contributed by atoms with Crippen LogP contribution in [0.5, 0.6) is 0 Å². The van der Waals surface area contributed by atoms with Gasteiger partial charge < -0.3 is 4.52 Å². The zero-order valence-corrected chi connectivity index (χ0v) is 15.5. The third-order valence-corrected chi connectivity index (χ3v) is 5.04. The van der Waals surface area contributed by atoms with Crippen molar-refractivity contribution in [3.8, 4) is 11.4 Å². The van der Waals surface area contributed by atoms with Crippen molar-refractivity contribution in [2.24, 2.45) is 0 Å². The Balaban J connectivity index is 1.51. The van der Waals surface area contributed by atoms with Crippen LogP contribution < -0.4 is 0 Å². The number of hydrogen-bond acceptors (Lipinski definition) is 6. The van der Waals surface area contributed by atoms with Gasteiger partial charge in [-0.25, -0.2) is 0 Å². The molecule has 0 unspecified atom stereocenters. The molecule has 0 fully saturated rings. The first kappa shape index (κ1) is 18.5. The van der Waals surface area contributed by atoms with E-state index in [2.05, 4.69) is 27.3 Å². The number of aromatic nitrogens is 5. The van der Waals surface area contributed by atoms with Crippen molar-refractivity contribution in [2.75, 3.05) is 0 Å². The molecule has 0 amide bonds. The van der Waals surface area contributed by atoms with Gasteiger partial charge in [-0.15, -0.1) is 10.2 Å².